The number of benzene rings is 2. The number of hydrogen-bond donors (Lipinski definition) is 1. The minimum absolute atomic E-state index is 0.0367. The van der Waals surface area contributed by atoms with Crippen molar-refractivity contribution in [3.05, 3.63) is 58.7 Å². The van der Waals surface area contributed by atoms with E-state index < -0.39 is 0 Å². The topological polar surface area (TPSA) is 29.1 Å². The molecule has 2 aromatic rings. The predicted octanol–water partition coefficient (Wildman–Crippen LogP) is 4.65. The first kappa shape index (κ1) is 15.6. The predicted molar refractivity (Wildman–Crippen MR) is 91.2 cm³/mol. The summed E-state index contributed by atoms with van der Waals surface area (Å²) in [6.07, 6.45) is 0. The first-order chi connectivity index (χ1) is 9.95. The van der Waals surface area contributed by atoms with E-state index in [2.05, 4.69) is 43.4 Å². The van der Waals surface area contributed by atoms with E-state index >= 15 is 0 Å². The molecule has 0 atom stereocenters. The minimum Gasteiger partial charge on any atom is -0.325 e. The number of carbonyl (C=O) groups excluding carboxylic acids is 1. The van der Waals surface area contributed by atoms with E-state index in [1.807, 2.05) is 26.0 Å². The van der Waals surface area contributed by atoms with Gasteiger partial charge in [-0.1, -0.05) is 29.8 Å². The van der Waals surface area contributed by atoms with Crippen LogP contribution in [-0.2, 0) is 4.79 Å². The van der Waals surface area contributed by atoms with Gasteiger partial charge in [-0.3, -0.25) is 4.79 Å². The molecular formula is C18H21NOS. The SMILES string of the molecule is Cc1ccc(C)c(NC(=O)CSc2cc(C)ccc2C)c1. The van der Waals surface area contributed by atoms with Crippen LogP contribution in [0, 0.1) is 27.7 Å². The molecule has 2 nitrogen and oxygen atoms in total. The monoisotopic (exact) mass is 299 g/mol. The van der Waals surface area contributed by atoms with Gasteiger partial charge in [0.1, 0.15) is 0 Å². The van der Waals surface area contributed by atoms with E-state index in [0.717, 1.165) is 16.8 Å². The molecule has 0 aliphatic rings. The Labute approximate surface area is 131 Å². The summed E-state index contributed by atoms with van der Waals surface area (Å²) in [5.74, 6) is 0.465. The molecule has 0 aromatic heterocycles. The third kappa shape index (κ3) is 4.36. The fourth-order valence-electron chi connectivity index (χ4n) is 2.06. The molecule has 0 fully saturated rings. The number of anilines is 1. The van der Waals surface area contributed by atoms with Crippen LogP contribution in [0.15, 0.2) is 41.3 Å². The van der Waals surface area contributed by atoms with Crippen molar-refractivity contribution in [2.24, 2.45) is 0 Å². The lowest BCUT2D eigenvalue weighted by molar-refractivity contribution is -0.113. The van der Waals surface area contributed by atoms with E-state index in [1.54, 1.807) is 11.8 Å². The molecule has 0 saturated heterocycles. The van der Waals surface area contributed by atoms with Crippen LogP contribution in [0.5, 0.6) is 0 Å². The van der Waals surface area contributed by atoms with E-state index in [-0.39, 0.29) is 5.91 Å². The summed E-state index contributed by atoms with van der Waals surface area (Å²) in [5, 5.41) is 3.00. The zero-order valence-electron chi connectivity index (χ0n) is 13.0. The normalized spacial score (nSPS) is 10.5. The van der Waals surface area contributed by atoms with Gasteiger partial charge in [-0.15, -0.1) is 11.8 Å². The molecule has 0 saturated carbocycles. The Bertz CT molecular complexity index is 664. The second-order valence-corrected chi connectivity index (χ2v) is 6.44. The van der Waals surface area contributed by atoms with Crippen molar-refractivity contribution in [2.75, 3.05) is 11.1 Å². The van der Waals surface area contributed by atoms with Crippen LogP contribution in [0.1, 0.15) is 22.3 Å². The van der Waals surface area contributed by atoms with Crippen molar-refractivity contribution in [2.45, 2.75) is 32.6 Å². The van der Waals surface area contributed by atoms with Gasteiger partial charge in [0.25, 0.3) is 0 Å². The van der Waals surface area contributed by atoms with Crippen molar-refractivity contribution >= 4 is 23.4 Å². The number of rotatable bonds is 4. The first-order valence-corrected chi connectivity index (χ1v) is 8.01. The van der Waals surface area contributed by atoms with Gasteiger partial charge < -0.3 is 5.32 Å². The van der Waals surface area contributed by atoms with E-state index in [4.69, 9.17) is 0 Å². The first-order valence-electron chi connectivity index (χ1n) is 7.03. The lowest BCUT2D eigenvalue weighted by atomic mass is 10.1. The summed E-state index contributed by atoms with van der Waals surface area (Å²) >= 11 is 1.59. The highest BCUT2D eigenvalue weighted by molar-refractivity contribution is 8.00. The van der Waals surface area contributed by atoms with Gasteiger partial charge in [0.2, 0.25) is 5.91 Å². The Morgan fingerprint density at radius 3 is 2.29 bits per heavy atom. The standard InChI is InChI=1S/C18H21NOS/c1-12-5-7-14(3)16(9-12)19-18(20)11-21-17-10-13(2)6-8-15(17)4/h5-10H,11H2,1-4H3,(H,19,20). The van der Waals surface area contributed by atoms with Crippen LogP contribution in [-0.4, -0.2) is 11.7 Å². The van der Waals surface area contributed by atoms with Gasteiger partial charge in [0.15, 0.2) is 0 Å². The van der Waals surface area contributed by atoms with Crippen LogP contribution in [0.4, 0.5) is 5.69 Å². The van der Waals surface area contributed by atoms with Crippen LogP contribution in [0.25, 0.3) is 0 Å². The fourth-order valence-corrected chi connectivity index (χ4v) is 2.99. The molecule has 0 bridgehead atoms. The smallest absolute Gasteiger partial charge is 0.234 e. The lowest BCUT2D eigenvalue weighted by Crippen LogP contribution is -2.15. The Kier molecular flexibility index (Phi) is 5.07. The van der Waals surface area contributed by atoms with E-state index in [9.17, 15) is 4.79 Å². The van der Waals surface area contributed by atoms with Gasteiger partial charge in [0.05, 0.1) is 5.75 Å². The number of carbonyl (C=O) groups is 1. The van der Waals surface area contributed by atoms with E-state index in [1.165, 1.54) is 16.0 Å². The van der Waals surface area contributed by atoms with Crippen LogP contribution in [0.3, 0.4) is 0 Å². The van der Waals surface area contributed by atoms with Crippen LogP contribution < -0.4 is 5.32 Å². The Balaban J connectivity index is 1.99. The third-order valence-electron chi connectivity index (χ3n) is 3.37. The fraction of sp³-hybridized carbons (Fsp3) is 0.278. The van der Waals surface area contributed by atoms with E-state index in [0.29, 0.717) is 5.75 Å². The maximum atomic E-state index is 12.1. The third-order valence-corrected chi connectivity index (χ3v) is 4.53. The quantitative estimate of drug-likeness (QED) is 0.833. The zero-order valence-corrected chi connectivity index (χ0v) is 13.8. The Morgan fingerprint density at radius 2 is 1.57 bits per heavy atom. The van der Waals surface area contributed by atoms with Gasteiger partial charge >= 0.3 is 0 Å². The minimum atomic E-state index is 0.0367. The van der Waals surface area contributed by atoms with Crippen LogP contribution >= 0.6 is 11.8 Å². The van der Waals surface area contributed by atoms with Crippen molar-refractivity contribution < 1.29 is 4.79 Å². The molecule has 0 aliphatic heterocycles. The highest BCUT2D eigenvalue weighted by Crippen LogP contribution is 2.24. The van der Waals surface area contributed by atoms with Crippen LogP contribution in [0.2, 0.25) is 0 Å². The molecule has 2 aromatic carbocycles. The largest absolute Gasteiger partial charge is 0.325 e. The highest BCUT2D eigenvalue weighted by atomic mass is 32.2. The van der Waals surface area contributed by atoms with Gasteiger partial charge in [-0.05, 0) is 56.5 Å². The van der Waals surface area contributed by atoms with Gasteiger partial charge in [0, 0.05) is 10.6 Å². The average molecular weight is 299 g/mol. The number of aryl methyl sites for hydroxylation is 4. The molecule has 2 rings (SSSR count). The average Bonchev–Trinajstić information content (AvgIpc) is 2.44. The molecule has 1 N–H and O–H groups in total. The highest BCUT2D eigenvalue weighted by Gasteiger charge is 2.07. The molecule has 1 amide bonds. The van der Waals surface area contributed by atoms with Gasteiger partial charge in [-0.2, -0.15) is 0 Å². The number of hydrogen-bond acceptors (Lipinski definition) is 2. The Morgan fingerprint density at radius 1 is 0.952 bits per heavy atom. The van der Waals surface area contributed by atoms with Crippen molar-refractivity contribution in [1.82, 2.24) is 0 Å². The summed E-state index contributed by atoms with van der Waals surface area (Å²) < 4.78 is 0. The Hall–Kier alpha value is -1.74. The van der Waals surface area contributed by atoms with Gasteiger partial charge in [-0.25, -0.2) is 0 Å². The molecule has 0 aliphatic carbocycles. The number of nitrogens with one attached hydrogen (secondary N) is 1. The summed E-state index contributed by atoms with van der Waals surface area (Å²) in [5.41, 5.74) is 5.58. The number of thioether (sulfide) groups is 1. The van der Waals surface area contributed by atoms with Crippen molar-refractivity contribution in [3.63, 3.8) is 0 Å². The van der Waals surface area contributed by atoms with Crippen molar-refractivity contribution in [1.29, 1.82) is 0 Å². The summed E-state index contributed by atoms with van der Waals surface area (Å²) in [6, 6.07) is 12.4. The maximum absolute atomic E-state index is 12.1. The van der Waals surface area contributed by atoms with Crippen molar-refractivity contribution in [3.8, 4) is 0 Å². The maximum Gasteiger partial charge on any atom is 0.234 e. The number of amides is 1. The molecule has 3 heteroatoms. The summed E-state index contributed by atoms with van der Waals surface area (Å²) in [6.45, 7) is 8.18. The molecule has 0 spiro atoms. The summed E-state index contributed by atoms with van der Waals surface area (Å²) in [7, 11) is 0. The molecule has 0 heterocycles. The zero-order chi connectivity index (χ0) is 15.4. The molecule has 21 heavy (non-hydrogen) atoms. The molecular weight excluding hydrogens is 278 g/mol. The second kappa shape index (κ2) is 6.81. The summed E-state index contributed by atoms with van der Waals surface area (Å²) in [4.78, 5) is 13.3. The molecule has 0 unspecified atom stereocenters. The molecule has 110 valence electrons. The molecule has 0 radical (unpaired) electrons. The second-order valence-electron chi connectivity index (χ2n) is 5.42. The lowest BCUT2D eigenvalue weighted by Gasteiger charge is -2.10.